The average Bonchev–Trinajstić information content (AvgIpc) is 3.24. The summed E-state index contributed by atoms with van der Waals surface area (Å²) in [5, 5.41) is 4.70. The van der Waals surface area contributed by atoms with Crippen LogP contribution < -0.4 is 5.32 Å². The van der Waals surface area contributed by atoms with Gasteiger partial charge in [0.15, 0.2) is 4.96 Å². The highest BCUT2D eigenvalue weighted by Crippen LogP contribution is 2.20. The van der Waals surface area contributed by atoms with Gasteiger partial charge in [0.2, 0.25) is 15.9 Å². The number of benzene rings is 1. The van der Waals surface area contributed by atoms with Gasteiger partial charge in [-0.3, -0.25) is 9.20 Å². The van der Waals surface area contributed by atoms with Crippen molar-refractivity contribution < 1.29 is 17.9 Å². The maximum absolute atomic E-state index is 12.6. The van der Waals surface area contributed by atoms with Crippen LogP contribution in [-0.4, -0.2) is 54.3 Å². The molecule has 0 saturated carbocycles. The Morgan fingerprint density at radius 3 is 2.67 bits per heavy atom. The van der Waals surface area contributed by atoms with Gasteiger partial charge >= 0.3 is 0 Å². The summed E-state index contributed by atoms with van der Waals surface area (Å²) in [7, 11) is -3.54. The largest absolute Gasteiger partial charge is 0.379 e. The van der Waals surface area contributed by atoms with E-state index in [-0.39, 0.29) is 17.2 Å². The smallest absolute Gasteiger partial charge is 0.243 e. The Bertz CT molecular complexity index is 1020. The third-order valence-corrected chi connectivity index (χ3v) is 6.91. The zero-order chi connectivity index (χ0) is 18.9. The molecule has 0 radical (unpaired) electrons. The second-order valence-electron chi connectivity index (χ2n) is 6.09. The Kier molecular flexibility index (Phi) is 4.96. The molecule has 1 N–H and O–H groups in total. The van der Waals surface area contributed by atoms with Gasteiger partial charge in [-0.1, -0.05) is 0 Å². The first-order chi connectivity index (χ1) is 13.0. The molecule has 1 amide bonds. The summed E-state index contributed by atoms with van der Waals surface area (Å²) in [5.74, 6) is -0.204. The molecule has 2 aromatic heterocycles. The standard InChI is InChI=1S/C17H18N4O4S2/c22-16(11-14-12-20-7-10-26-17(20)19-14)18-13-1-3-15(4-2-13)27(23,24)21-5-8-25-9-6-21/h1-4,7,10,12H,5-6,8-9,11H2,(H,18,22). The quantitative estimate of drug-likeness (QED) is 0.695. The molecule has 0 bridgehead atoms. The maximum atomic E-state index is 12.6. The van der Waals surface area contributed by atoms with E-state index in [1.807, 2.05) is 22.2 Å². The van der Waals surface area contributed by atoms with Crippen molar-refractivity contribution in [2.24, 2.45) is 0 Å². The molecular weight excluding hydrogens is 388 g/mol. The van der Waals surface area contributed by atoms with Crippen LogP contribution >= 0.6 is 11.3 Å². The molecule has 3 heterocycles. The van der Waals surface area contributed by atoms with Crippen molar-refractivity contribution in [2.45, 2.75) is 11.3 Å². The Morgan fingerprint density at radius 2 is 1.96 bits per heavy atom. The van der Waals surface area contributed by atoms with E-state index >= 15 is 0 Å². The lowest BCUT2D eigenvalue weighted by Crippen LogP contribution is -2.40. The minimum absolute atomic E-state index is 0.155. The SMILES string of the molecule is O=C(Cc1cn2ccsc2n1)Nc1ccc(S(=O)(=O)N2CCOCC2)cc1. The summed E-state index contributed by atoms with van der Waals surface area (Å²) in [6.45, 7) is 1.50. The highest BCUT2D eigenvalue weighted by molar-refractivity contribution is 7.89. The number of morpholine rings is 1. The van der Waals surface area contributed by atoms with E-state index in [0.29, 0.717) is 37.7 Å². The number of ether oxygens (including phenoxy) is 1. The molecule has 3 aromatic rings. The highest BCUT2D eigenvalue weighted by atomic mass is 32.2. The van der Waals surface area contributed by atoms with Crippen molar-refractivity contribution in [1.29, 1.82) is 0 Å². The molecule has 4 rings (SSSR count). The Balaban J connectivity index is 1.41. The van der Waals surface area contributed by atoms with Crippen molar-refractivity contribution in [3.05, 3.63) is 47.7 Å². The summed E-state index contributed by atoms with van der Waals surface area (Å²) >= 11 is 1.51. The molecule has 1 saturated heterocycles. The van der Waals surface area contributed by atoms with Crippen LogP contribution in [0, 0.1) is 0 Å². The molecule has 0 spiro atoms. The van der Waals surface area contributed by atoms with Crippen LogP contribution in [0.4, 0.5) is 5.69 Å². The summed E-state index contributed by atoms with van der Waals surface area (Å²) in [4.78, 5) is 17.6. The van der Waals surface area contributed by atoms with E-state index in [2.05, 4.69) is 10.3 Å². The summed E-state index contributed by atoms with van der Waals surface area (Å²) in [6, 6.07) is 6.20. The Labute approximate surface area is 160 Å². The fourth-order valence-corrected chi connectivity index (χ4v) is 5.00. The van der Waals surface area contributed by atoms with Crippen LogP contribution in [0.15, 0.2) is 46.9 Å². The third-order valence-electron chi connectivity index (χ3n) is 4.23. The molecule has 1 aromatic carbocycles. The van der Waals surface area contributed by atoms with Crippen molar-refractivity contribution >= 4 is 37.9 Å². The lowest BCUT2D eigenvalue weighted by molar-refractivity contribution is -0.115. The van der Waals surface area contributed by atoms with E-state index in [0.717, 1.165) is 4.96 Å². The van der Waals surface area contributed by atoms with E-state index < -0.39 is 10.0 Å². The van der Waals surface area contributed by atoms with E-state index in [1.54, 1.807) is 12.1 Å². The van der Waals surface area contributed by atoms with Gasteiger partial charge in [0.25, 0.3) is 0 Å². The van der Waals surface area contributed by atoms with Gasteiger partial charge in [0, 0.05) is 36.6 Å². The molecule has 8 nitrogen and oxygen atoms in total. The Morgan fingerprint density at radius 1 is 1.22 bits per heavy atom. The molecule has 0 atom stereocenters. The van der Waals surface area contributed by atoms with Gasteiger partial charge in [-0.05, 0) is 24.3 Å². The first-order valence-electron chi connectivity index (χ1n) is 8.41. The van der Waals surface area contributed by atoms with E-state index in [4.69, 9.17) is 4.74 Å². The number of aromatic nitrogens is 2. The minimum Gasteiger partial charge on any atom is -0.379 e. The number of nitrogens with zero attached hydrogens (tertiary/aromatic N) is 3. The maximum Gasteiger partial charge on any atom is 0.243 e. The van der Waals surface area contributed by atoms with E-state index in [9.17, 15) is 13.2 Å². The Hall–Kier alpha value is -2.27. The number of hydrogen-bond donors (Lipinski definition) is 1. The molecule has 27 heavy (non-hydrogen) atoms. The number of amides is 1. The number of hydrogen-bond acceptors (Lipinski definition) is 6. The topological polar surface area (TPSA) is 93.0 Å². The summed E-state index contributed by atoms with van der Waals surface area (Å²) in [5.41, 5.74) is 1.23. The van der Waals surface area contributed by atoms with E-state index in [1.165, 1.54) is 27.8 Å². The second kappa shape index (κ2) is 7.39. The van der Waals surface area contributed by atoms with Gasteiger partial charge < -0.3 is 10.1 Å². The predicted octanol–water partition coefficient (Wildman–Crippen LogP) is 1.60. The van der Waals surface area contributed by atoms with Crippen LogP contribution in [0.3, 0.4) is 0 Å². The molecule has 10 heteroatoms. The fourth-order valence-electron chi connectivity index (χ4n) is 2.88. The number of nitrogens with one attached hydrogen (secondary N) is 1. The zero-order valence-corrected chi connectivity index (χ0v) is 16.0. The van der Waals surface area contributed by atoms with Crippen LogP contribution in [0.2, 0.25) is 0 Å². The number of imidazole rings is 1. The normalized spacial score (nSPS) is 15.9. The van der Waals surface area contributed by atoms with Crippen LogP contribution in [0.5, 0.6) is 0 Å². The molecule has 0 unspecified atom stereocenters. The summed E-state index contributed by atoms with van der Waals surface area (Å²) in [6.07, 6.45) is 3.87. The van der Waals surface area contributed by atoms with Crippen molar-refractivity contribution in [1.82, 2.24) is 13.7 Å². The molecule has 1 fully saturated rings. The lowest BCUT2D eigenvalue weighted by atomic mass is 10.3. The molecule has 1 aliphatic rings. The minimum atomic E-state index is -3.54. The first kappa shape index (κ1) is 18.1. The highest BCUT2D eigenvalue weighted by Gasteiger charge is 2.26. The van der Waals surface area contributed by atoms with Gasteiger partial charge in [-0.2, -0.15) is 4.31 Å². The van der Waals surface area contributed by atoms with Crippen LogP contribution in [0.25, 0.3) is 4.96 Å². The lowest BCUT2D eigenvalue weighted by Gasteiger charge is -2.26. The van der Waals surface area contributed by atoms with Gasteiger partial charge in [-0.25, -0.2) is 13.4 Å². The number of thiazole rings is 1. The van der Waals surface area contributed by atoms with Crippen LogP contribution in [0.1, 0.15) is 5.69 Å². The van der Waals surface area contributed by atoms with Crippen molar-refractivity contribution in [2.75, 3.05) is 31.6 Å². The number of rotatable bonds is 5. The number of anilines is 1. The number of fused-ring (bicyclic) bond motifs is 1. The van der Waals surface area contributed by atoms with Gasteiger partial charge in [-0.15, -0.1) is 11.3 Å². The summed E-state index contributed by atoms with van der Waals surface area (Å²) < 4.78 is 33.7. The number of sulfonamides is 1. The van der Waals surface area contributed by atoms with Gasteiger partial charge in [0.1, 0.15) is 0 Å². The zero-order valence-electron chi connectivity index (χ0n) is 14.4. The number of carbonyl (C=O) groups excluding carboxylic acids is 1. The predicted molar refractivity (Wildman–Crippen MR) is 101 cm³/mol. The van der Waals surface area contributed by atoms with Crippen molar-refractivity contribution in [3.8, 4) is 0 Å². The van der Waals surface area contributed by atoms with Crippen molar-refractivity contribution in [3.63, 3.8) is 0 Å². The fraction of sp³-hybridized carbons (Fsp3) is 0.294. The molecular formula is C17H18N4O4S2. The third kappa shape index (κ3) is 3.88. The van der Waals surface area contributed by atoms with Gasteiger partial charge in [0.05, 0.1) is 30.2 Å². The molecule has 142 valence electrons. The van der Waals surface area contributed by atoms with Crippen LogP contribution in [-0.2, 0) is 26.0 Å². The number of carbonyl (C=O) groups is 1. The molecule has 1 aliphatic heterocycles. The first-order valence-corrected chi connectivity index (χ1v) is 10.7. The molecule has 0 aliphatic carbocycles. The second-order valence-corrected chi connectivity index (χ2v) is 8.90. The average molecular weight is 406 g/mol. The monoisotopic (exact) mass is 406 g/mol.